The van der Waals surface area contributed by atoms with Crippen LogP contribution in [0.5, 0.6) is 0 Å². The minimum absolute atomic E-state index is 0.161. The van der Waals surface area contributed by atoms with Crippen molar-refractivity contribution in [1.82, 2.24) is 10.2 Å². The highest BCUT2D eigenvalue weighted by Crippen LogP contribution is 2.18. The van der Waals surface area contributed by atoms with Gasteiger partial charge in [-0.3, -0.25) is 9.69 Å². The van der Waals surface area contributed by atoms with Crippen LogP contribution in [0, 0.1) is 0 Å². The molecule has 1 aromatic carbocycles. The summed E-state index contributed by atoms with van der Waals surface area (Å²) in [6.45, 7) is 6.37. The molecule has 0 saturated heterocycles. The molecule has 0 fully saturated rings. The molecular formula is C21H28N2O2. The molecule has 1 aromatic rings. The number of β-amino-alcohol motifs (C(OH)–C–C–N with tert-alkyl or cyclic N) is 1. The average Bonchev–Trinajstić information content (AvgIpc) is 2.63. The number of carbonyl (C=O) groups is 1. The third-order valence-electron chi connectivity index (χ3n) is 4.33. The van der Waals surface area contributed by atoms with Crippen molar-refractivity contribution in [2.75, 3.05) is 19.6 Å². The molecule has 0 spiro atoms. The van der Waals surface area contributed by atoms with E-state index < -0.39 is 6.10 Å². The molecule has 1 unspecified atom stereocenters. The van der Waals surface area contributed by atoms with Crippen molar-refractivity contribution in [2.45, 2.75) is 32.9 Å². The smallest absolute Gasteiger partial charge is 0.251 e. The lowest BCUT2D eigenvalue weighted by atomic mass is 10.00. The number of allylic oxidation sites excluding steroid dienone is 4. The standard InChI is InChI=1S/C21H28N2O2/c1-3-5-6-9-17(4-2)21(25)22-14-20(24)16-23-13-12-18-10-7-8-11-19(18)15-23/h3-11,20,24H,12-16H2,1-2H3,(H,22,25)/b5-3-,9-6-,17-4+. The fourth-order valence-electron chi connectivity index (χ4n) is 2.96. The second-order valence-electron chi connectivity index (χ2n) is 6.25. The van der Waals surface area contributed by atoms with Crippen LogP contribution in [0.15, 0.2) is 60.2 Å². The molecule has 1 amide bonds. The van der Waals surface area contributed by atoms with Gasteiger partial charge in [0.15, 0.2) is 0 Å². The number of fused-ring (bicyclic) bond motifs is 1. The normalized spacial score (nSPS) is 17.0. The lowest BCUT2D eigenvalue weighted by Crippen LogP contribution is -2.42. The number of aliphatic hydroxyl groups excluding tert-OH is 1. The van der Waals surface area contributed by atoms with E-state index in [1.807, 2.05) is 32.1 Å². The highest BCUT2D eigenvalue weighted by atomic mass is 16.3. The maximum absolute atomic E-state index is 12.1. The Balaban J connectivity index is 1.79. The number of amides is 1. The van der Waals surface area contributed by atoms with E-state index in [1.54, 1.807) is 12.2 Å². The van der Waals surface area contributed by atoms with Crippen LogP contribution < -0.4 is 5.32 Å². The number of hydrogen-bond acceptors (Lipinski definition) is 3. The Labute approximate surface area is 150 Å². The van der Waals surface area contributed by atoms with Gasteiger partial charge in [-0.05, 0) is 37.5 Å². The summed E-state index contributed by atoms with van der Waals surface area (Å²) < 4.78 is 0. The van der Waals surface area contributed by atoms with E-state index in [-0.39, 0.29) is 12.5 Å². The first-order chi connectivity index (χ1) is 12.1. The maximum atomic E-state index is 12.1. The first kappa shape index (κ1) is 19.2. The molecule has 1 atom stereocenters. The summed E-state index contributed by atoms with van der Waals surface area (Å²) in [6, 6.07) is 8.44. The molecule has 2 N–H and O–H groups in total. The number of nitrogens with zero attached hydrogens (tertiary/aromatic N) is 1. The molecule has 1 aliphatic rings. The summed E-state index contributed by atoms with van der Waals surface area (Å²) in [5.41, 5.74) is 3.32. The Kier molecular flexibility index (Phi) is 7.64. The zero-order valence-electron chi connectivity index (χ0n) is 15.1. The lowest BCUT2D eigenvalue weighted by Gasteiger charge is -2.30. The second-order valence-corrected chi connectivity index (χ2v) is 6.25. The SMILES string of the molecule is C\C=C/C=C\C(=C/C)C(=O)NCC(O)CN1CCc2ccccc2C1. The first-order valence-corrected chi connectivity index (χ1v) is 8.85. The van der Waals surface area contributed by atoms with Gasteiger partial charge in [-0.1, -0.05) is 48.6 Å². The molecule has 0 aromatic heterocycles. The van der Waals surface area contributed by atoms with Crippen LogP contribution in [0.3, 0.4) is 0 Å². The number of aliphatic hydroxyl groups is 1. The highest BCUT2D eigenvalue weighted by molar-refractivity contribution is 5.96. The van der Waals surface area contributed by atoms with Crippen LogP contribution in [0.1, 0.15) is 25.0 Å². The van der Waals surface area contributed by atoms with E-state index in [0.29, 0.717) is 12.1 Å². The Hall–Kier alpha value is -2.17. The van der Waals surface area contributed by atoms with Gasteiger partial charge in [0.1, 0.15) is 0 Å². The molecule has 134 valence electrons. The van der Waals surface area contributed by atoms with Crippen LogP contribution in [0.2, 0.25) is 0 Å². The summed E-state index contributed by atoms with van der Waals surface area (Å²) in [7, 11) is 0. The van der Waals surface area contributed by atoms with Gasteiger partial charge in [-0.25, -0.2) is 0 Å². The van der Waals surface area contributed by atoms with Gasteiger partial charge in [-0.2, -0.15) is 0 Å². The number of hydrogen-bond donors (Lipinski definition) is 2. The molecule has 1 aliphatic heterocycles. The monoisotopic (exact) mass is 340 g/mol. The summed E-state index contributed by atoms with van der Waals surface area (Å²) in [5, 5.41) is 13.1. The van der Waals surface area contributed by atoms with E-state index in [9.17, 15) is 9.90 Å². The van der Waals surface area contributed by atoms with Crippen molar-refractivity contribution >= 4 is 5.91 Å². The molecule has 25 heavy (non-hydrogen) atoms. The van der Waals surface area contributed by atoms with E-state index >= 15 is 0 Å². The van der Waals surface area contributed by atoms with Crippen molar-refractivity contribution in [1.29, 1.82) is 0 Å². The van der Waals surface area contributed by atoms with Gasteiger partial charge in [0, 0.05) is 31.8 Å². The molecule has 4 heteroatoms. The van der Waals surface area contributed by atoms with Crippen molar-refractivity contribution in [3.8, 4) is 0 Å². The number of rotatable bonds is 7. The lowest BCUT2D eigenvalue weighted by molar-refractivity contribution is -0.117. The summed E-state index contributed by atoms with van der Waals surface area (Å²) in [6.07, 6.45) is 9.57. The molecule has 2 rings (SSSR count). The molecule has 0 aliphatic carbocycles. The molecular weight excluding hydrogens is 312 g/mol. The average molecular weight is 340 g/mol. The molecule has 1 heterocycles. The number of nitrogens with one attached hydrogen (secondary N) is 1. The van der Waals surface area contributed by atoms with Crippen LogP contribution in [-0.4, -0.2) is 41.7 Å². The van der Waals surface area contributed by atoms with E-state index in [0.717, 1.165) is 19.5 Å². The topological polar surface area (TPSA) is 52.6 Å². The predicted octanol–water partition coefficient (Wildman–Crippen LogP) is 2.60. The van der Waals surface area contributed by atoms with Crippen LogP contribution in [0.4, 0.5) is 0 Å². The van der Waals surface area contributed by atoms with Crippen LogP contribution >= 0.6 is 0 Å². The Morgan fingerprint density at radius 3 is 2.76 bits per heavy atom. The fourth-order valence-corrected chi connectivity index (χ4v) is 2.96. The summed E-state index contributed by atoms with van der Waals surface area (Å²) in [5.74, 6) is -0.161. The fraction of sp³-hybridized carbons (Fsp3) is 0.381. The molecule has 4 nitrogen and oxygen atoms in total. The molecule has 0 bridgehead atoms. The van der Waals surface area contributed by atoms with Crippen molar-refractivity contribution in [3.63, 3.8) is 0 Å². The van der Waals surface area contributed by atoms with Crippen molar-refractivity contribution in [3.05, 3.63) is 71.3 Å². The number of benzene rings is 1. The third-order valence-corrected chi connectivity index (χ3v) is 4.33. The molecule has 0 saturated carbocycles. The summed E-state index contributed by atoms with van der Waals surface area (Å²) >= 11 is 0. The zero-order valence-corrected chi connectivity index (χ0v) is 15.1. The largest absolute Gasteiger partial charge is 0.390 e. The Morgan fingerprint density at radius 2 is 2.04 bits per heavy atom. The van der Waals surface area contributed by atoms with Gasteiger partial charge >= 0.3 is 0 Å². The summed E-state index contributed by atoms with van der Waals surface area (Å²) in [4.78, 5) is 14.4. The quantitative estimate of drug-likeness (QED) is 0.593. The van der Waals surface area contributed by atoms with Gasteiger partial charge in [0.05, 0.1) is 6.10 Å². The van der Waals surface area contributed by atoms with E-state index in [2.05, 4.69) is 34.5 Å². The zero-order chi connectivity index (χ0) is 18.1. The van der Waals surface area contributed by atoms with Gasteiger partial charge < -0.3 is 10.4 Å². The minimum atomic E-state index is -0.577. The predicted molar refractivity (Wildman–Crippen MR) is 102 cm³/mol. The Morgan fingerprint density at radius 1 is 1.28 bits per heavy atom. The minimum Gasteiger partial charge on any atom is -0.390 e. The Bertz CT molecular complexity index is 662. The van der Waals surface area contributed by atoms with E-state index in [4.69, 9.17) is 0 Å². The van der Waals surface area contributed by atoms with Crippen LogP contribution in [0.25, 0.3) is 0 Å². The third kappa shape index (κ3) is 6.00. The first-order valence-electron chi connectivity index (χ1n) is 8.85. The number of carbonyl (C=O) groups excluding carboxylic acids is 1. The molecule has 0 radical (unpaired) electrons. The van der Waals surface area contributed by atoms with Crippen molar-refractivity contribution in [2.24, 2.45) is 0 Å². The van der Waals surface area contributed by atoms with E-state index in [1.165, 1.54) is 11.1 Å². The second kappa shape index (κ2) is 9.97. The van der Waals surface area contributed by atoms with Crippen LogP contribution in [-0.2, 0) is 17.8 Å². The van der Waals surface area contributed by atoms with Gasteiger partial charge in [-0.15, -0.1) is 0 Å². The van der Waals surface area contributed by atoms with Crippen molar-refractivity contribution < 1.29 is 9.90 Å². The maximum Gasteiger partial charge on any atom is 0.251 e. The van der Waals surface area contributed by atoms with Gasteiger partial charge in [0.25, 0.3) is 5.91 Å². The van der Waals surface area contributed by atoms with Gasteiger partial charge in [0.2, 0.25) is 0 Å². The highest BCUT2D eigenvalue weighted by Gasteiger charge is 2.18.